The largest absolute Gasteiger partial charge is 0.490 e. The molecule has 0 aliphatic rings. The van der Waals surface area contributed by atoms with Crippen LogP contribution in [0.4, 0.5) is 13.9 Å². The average Bonchev–Trinajstić information content (AvgIpc) is 3.14. The molecular weight excluding hydrogens is 398 g/mol. The van der Waals surface area contributed by atoms with Gasteiger partial charge in [-0.1, -0.05) is 18.2 Å². The Morgan fingerprint density at radius 1 is 1.17 bits per heavy atom. The van der Waals surface area contributed by atoms with Crippen LogP contribution in [0.3, 0.4) is 0 Å². The molecule has 0 fully saturated rings. The lowest BCUT2D eigenvalue weighted by atomic mass is 10.1. The van der Waals surface area contributed by atoms with Crippen LogP contribution in [0.5, 0.6) is 5.75 Å². The van der Waals surface area contributed by atoms with Gasteiger partial charge in [0.1, 0.15) is 24.0 Å². The number of hydrogen-bond acceptors (Lipinski definition) is 5. The fraction of sp³-hybridized carbons (Fsp3) is 0.238. The maximum Gasteiger partial charge on any atom is 0.261 e. The van der Waals surface area contributed by atoms with Gasteiger partial charge in [0.2, 0.25) is 0 Å². The number of carbonyl (C=O) groups excluding carboxylic acids is 1. The highest BCUT2D eigenvalue weighted by atomic mass is 32.1. The van der Waals surface area contributed by atoms with Gasteiger partial charge in [0.15, 0.2) is 5.13 Å². The summed E-state index contributed by atoms with van der Waals surface area (Å²) in [5.41, 5.74) is 0.742. The molecule has 3 aromatic rings. The normalized spacial score (nSPS) is 10.7. The first-order chi connectivity index (χ1) is 14.1. The molecule has 8 heteroatoms. The first kappa shape index (κ1) is 20.9. The van der Waals surface area contributed by atoms with E-state index in [9.17, 15) is 13.6 Å². The van der Waals surface area contributed by atoms with Crippen LogP contribution in [-0.2, 0) is 11.2 Å². The summed E-state index contributed by atoms with van der Waals surface area (Å²) in [6.45, 7) is 3.26. The van der Waals surface area contributed by atoms with Gasteiger partial charge in [-0.15, -0.1) is 11.3 Å². The molecule has 1 amide bonds. The van der Waals surface area contributed by atoms with Crippen LogP contribution in [0.1, 0.15) is 27.7 Å². The maximum atomic E-state index is 13.8. The number of thiazole rings is 1. The second-order valence-electron chi connectivity index (χ2n) is 6.04. The van der Waals surface area contributed by atoms with Gasteiger partial charge in [0, 0.05) is 30.2 Å². The second-order valence-corrected chi connectivity index (χ2v) is 7.16. The van der Waals surface area contributed by atoms with E-state index in [4.69, 9.17) is 9.47 Å². The van der Waals surface area contributed by atoms with Crippen LogP contribution in [0.25, 0.3) is 0 Å². The van der Waals surface area contributed by atoms with E-state index in [1.165, 1.54) is 23.5 Å². The average molecular weight is 418 g/mol. The minimum atomic E-state index is -0.620. The molecule has 0 saturated carbocycles. The van der Waals surface area contributed by atoms with E-state index in [-0.39, 0.29) is 12.3 Å². The molecule has 1 aromatic heterocycles. The number of anilines is 1. The highest BCUT2D eigenvalue weighted by molar-refractivity contribution is 7.15. The molecule has 0 atom stereocenters. The molecule has 152 valence electrons. The Morgan fingerprint density at radius 2 is 2.00 bits per heavy atom. The predicted molar refractivity (Wildman–Crippen MR) is 108 cm³/mol. The van der Waals surface area contributed by atoms with E-state index in [1.54, 1.807) is 30.5 Å². The summed E-state index contributed by atoms with van der Waals surface area (Å²) in [5, 5.41) is 3.12. The molecule has 0 aliphatic heterocycles. The number of ether oxygens (including phenoxy) is 2. The SMILES string of the molecule is CCOCCOc1ccccc1C(=O)Nc1ncc(Cc2ccc(F)cc2F)s1. The molecule has 0 bridgehead atoms. The van der Waals surface area contributed by atoms with Crippen molar-refractivity contribution in [2.45, 2.75) is 13.3 Å². The molecule has 0 radical (unpaired) electrons. The van der Waals surface area contributed by atoms with Crippen molar-refractivity contribution in [3.8, 4) is 5.75 Å². The van der Waals surface area contributed by atoms with Crippen LogP contribution in [-0.4, -0.2) is 30.7 Å². The molecule has 0 unspecified atom stereocenters. The standard InChI is InChI=1S/C21H20F2N2O3S/c1-2-27-9-10-28-19-6-4-3-5-17(19)20(26)25-21-24-13-16(29-21)11-14-7-8-15(22)12-18(14)23/h3-8,12-13H,2,9-11H2,1H3,(H,24,25,26). The number of halogens is 2. The Kier molecular flexibility index (Phi) is 7.26. The third-order valence-corrected chi connectivity index (χ3v) is 4.89. The van der Waals surface area contributed by atoms with Gasteiger partial charge in [0.25, 0.3) is 5.91 Å². The summed E-state index contributed by atoms with van der Waals surface area (Å²) >= 11 is 1.23. The lowest BCUT2D eigenvalue weighted by molar-refractivity contribution is 0.0998. The lowest BCUT2D eigenvalue weighted by Crippen LogP contribution is -2.15. The van der Waals surface area contributed by atoms with Gasteiger partial charge in [-0.25, -0.2) is 13.8 Å². The summed E-state index contributed by atoms with van der Waals surface area (Å²) in [7, 11) is 0. The Labute approximate surface area is 171 Å². The van der Waals surface area contributed by atoms with E-state index in [0.29, 0.717) is 41.8 Å². The number of para-hydroxylation sites is 1. The summed E-state index contributed by atoms with van der Waals surface area (Å²) in [4.78, 5) is 17.5. The Morgan fingerprint density at radius 3 is 2.79 bits per heavy atom. The smallest absolute Gasteiger partial charge is 0.261 e. The number of hydrogen-bond donors (Lipinski definition) is 1. The van der Waals surface area contributed by atoms with Gasteiger partial charge in [-0.05, 0) is 30.7 Å². The van der Waals surface area contributed by atoms with Crippen molar-refractivity contribution in [1.82, 2.24) is 4.98 Å². The third-order valence-electron chi connectivity index (χ3n) is 3.97. The van der Waals surface area contributed by atoms with Crippen molar-refractivity contribution in [3.63, 3.8) is 0 Å². The van der Waals surface area contributed by atoms with Crippen molar-refractivity contribution in [1.29, 1.82) is 0 Å². The number of nitrogens with zero attached hydrogens (tertiary/aromatic N) is 1. The van der Waals surface area contributed by atoms with E-state index in [0.717, 1.165) is 10.9 Å². The maximum absolute atomic E-state index is 13.8. The molecule has 2 aromatic carbocycles. The Balaban J connectivity index is 1.64. The van der Waals surface area contributed by atoms with E-state index >= 15 is 0 Å². The van der Waals surface area contributed by atoms with E-state index < -0.39 is 11.6 Å². The molecule has 0 saturated heterocycles. The number of benzene rings is 2. The van der Waals surface area contributed by atoms with Crippen molar-refractivity contribution < 1.29 is 23.0 Å². The van der Waals surface area contributed by atoms with Gasteiger partial charge < -0.3 is 9.47 Å². The van der Waals surface area contributed by atoms with Crippen LogP contribution >= 0.6 is 11.3 Å². The Bertz CT molecular complexity index is 978. The van der Waals surface area contributed by atoms with E-state index in [2.05, 4.69) is 10.3 Å². The molecule has 5 nitrogen and oxygen atoms in total. The third kappa shape index (κ3) is 5.82. The monoisotopic (exact) mass is 418 g/mol. The second kappa shape index (κ2) is 10.1. The molecule has 1 heterocycles. The molecule has 1 N–H and O–H groups in total. The highest BCUT2D eigenvalue weighted by Gasteiger charge is 2.15. The van der Waals surface area contributed by atoms with Gasteiger partial charge in [0.05, 0.1) is 12.2 Å². The van der Waals surface area contributed by atoms with Gasteiger partial charge >= 0.3 is 0 Å². The Hall–Kier alpha value is -2.84. The van der Waals surface area contributed by atoms with Crippen molar-refractivity contribution in [3.05, 3.63) is 76.3 Å². The zero-order chi connectivity index (χ0) is 20.6. The van der Waals surface area contributed by atoms with Crippen LogP contribution in [0.15, 0.2) is 48.7 Å². The molecule has 29 heavy (non-hydrogen) atoms. The molecular formula is C21H20F2N2O3S. The summed E-state index contributed by atoms with van der Waals surface area (Å²) in [6, 6.07) is 10.4. The van der Waals surface area contributed by atoms with Gasteiger partial charge in [-0.3, -0.25) is 10.1 Å². The summed E-state index contributed by atoms with van der Waals surface area (Å²) in [5.74, 6) is -1.13. The quantitative estimate of drug-likeness (QED) is 0.513. The molecule has 3 rings (SSSR count). The number of nitrogens with one attached hydrogen (secondary N) is 1. The number of aromatic nitrogens is 1. The fourth-order valence-corrected chi connectivity index (χ4v) is 3.43. The minimum Gasteiger partial charge on any atom is -0.490 e. The van der Waals surface area contributed by atoms with Crippen molar-refractivity contribution in [2.24, 2.45) is 0 Å². The van der Waals surface area contributed by atoms with Crippen LogP contribution in [0, 0.1) is 11.6 Å². The zero-order valence-electron chi connectivity index (χ0n) is 15.8. The first-order valence-electron chi connectivity index (χ1n) is 9.06. The fourth-order valence-electron chi connectivity index (χ4n) is 2.60. The lowest BCUT2D eigenvalue weighted by Gasteiger charge is -2.10. The number of rotatable bonds is 9. The van der Waals surface area contributed by atoms with Crippen molar-refractivity contribution >= 4 is 22.4 Å². The number of amides is 1. The summed E-state index contributed by atoms with van der Waals surface area (Å²) in [6.07, 6.45) is 1.82. The summed E-state index contributed by atoms with van der Waals surface area (Å²) < 4.78 is 37.7. The number of carbonyl (C=O) groups is 1. The van der Waals surface area contributed by atoms with Gasteiger partial charge in [-0.2, -0.15) is 0 Å². The minimum absolute atomic E-state index is 0.261. The molecule has 0 spiro atoms. The highest BCUT2D eigenvalue weighted by Crippen LogP contribution is 2.25. The topological polar surface area (TPSA) is 60.5 Å². The van der Waals surface area contributed by atoms with Crippen LogP contribution < -0.4 is 10.1 Å². The zero-order valence-corrected chi connectivity index (χ0v) is 16.6. The predicted octanol–water partition coefficient (Wildman–Crippen LogP) is 4.68. The van der Waals surface area contributed by atoms with E-state index in [1.807, 2.05) is 6.92 Å². The first-order valence-corrected chi connectivity index (χ1v) is 9.88. The molecule has 0 aliphatic carbocycles. The van der Waals surface area contributed by atoms with Crippen LogP contribution in [0.2, 0.25) is 0 Å². The van der Waals surface area contributed by atoms with Crippen molar-refractivity contribution in [2.75, 3.05) is 25.1 Å².